The van der Waals surface area contributed by atoms with E-state index < -0.39 is 15.7 Å². The SMILES string of the molecule is [NH4+].[OH-].[O]=[Nb](=[O])(=[O])(=[O])=[O]. The zero-order valence-electron chi connectivity index (χ0n) is 3.94. The Labute approximate surface area is 44.2 Å². The van der Waals surface area contributed by atoms with Gasteiger partial charge in [0.25, 0.3) is 0 Å². The first kappa shape index (κ1) is 15.6. The van der Waals surface area contributed by atoms with Crippen molar-refractivity contribution in [3.05, 3.63) is 0 Å². The maximum atomic E-state index is 8.66. The van der Waals surface area contributed by atoms with Gasteiger partial charge in [-0.1, -0.05) is 0 Å². The molecule has 0 saturated heterocycles. The molecular weight excluding hydrogens is 203 g/mol. The van der Waals surface area contributed by atoms with Crippen LogP contribution >= 0.6 is 0 Å². The van der Waals surface area contributed by atoms with Crippen LogP contribution in [0.25, 0.3) is 0 Å². The van der Waals surface area contributed by atoms with Crippen LogP contribution in [0.1, 0.15) is 0 Å². The number of hydrogen-bond donors (Lipinski definition) is 1. The Hall–Kier alpha value is -0.340. The van der Waals surface area contributed by atoms with E-state index in [1.165, 1.54) is 0 Å². The summed E-state index contributed by atoms with van der Waals surface area (Å²) in [6, 6.07) is 0. The fourth-order valence-corrected chi connectivity index (χ4v) is 0. The number of quaternary nitrogens is 1. The minimum atomic E-state index is -7.94. The molecule has 0 atom stereocenters. The Bertz CT molecular complexity index is 278. The van der Waals surface area contributed by atoms with Crippen LogP contribution in [0, 0.1) is 0 Å². The third-order valence-electron chi connectivity index (χ3n) is 0. The average Bonchev–Trinajstić information content (AvgIpc) is 0.650. The van der Waals surface area contributed by atoms with Gasteiger partial charge in [0.05, 0.1) is 0 Å². The van der Waals surface area contributed by atoms with Crippen LogP contribution in [0.4, 0.5) is 0 Å². The second-order valence-corrected chi connectivity index (χ2v) is 4.41. The minimum absolute atomic E-state index is 0. The Kier molecular flexibility index (Phi) is 4.47. The van der Waals surface area contributed by atoms with E-state index in [2.05, 4.69) is 0 Å². The van der Waals surface area contributed by atoms with Gasteiger partial charge in [-0.2, -0.15) is 0 Å². The van der Waals surface area contributed by atoms with Crippen molar-refractivity contribution >= 4 is 0 Å². The molecule has 0 aromatic heterocycles. The predicted octanol–water partition coefficient (Wildman–Crippen LogP) is -0.397. The van der Waals surface area contributed by atoms with Crippen LogP contribution in [0.2, 0.25) is 0 Å². The molecule has 7 nitrogen and oxygen atoms in total. The van der Waals surface area contributed by atoms with Crippen molar-refractivity contribution in [3.8, 4) is 0 Å². The van der Waals surface area contributed by atoms with Crippen LogP contribution in [0.15, 0.2) is 0 Å². The summed E-state index contributed by atoms with van der Waals surface area (Å²) in [5.41, 5.74) is 0. The van der Waals surface area contributed by atoms with E-state index >= 15 is 0 Å². The molecule has 0 rings (SSSR count). The van der Waals surface area contributed by atoms with Crippen molar-refractivity contribution in [1.82, 2.24) is 6.15 Å². The van der Waals surface area contributed by atoms with Gasteiger partial charge in [0.15, 0.2) is 0 Å². The molecule has 0 fully saturated rings. The summed E-state index contributed by atoms with van der Waals surface area (Å²) in [7, 11) is 0. The summed E-state index contributed by atoms with van der Waals surface area (Å²) in [5, 5.41) is 0. The predicted molar refractivity (Wildman–Crippen MR) is 11.4 cm³/mol. The van der Waals surface area contributed by atoms with Gasteiger partial charge in [-0.25, -0.2) is 0 Å². The molecule has 8 heavy (non-hydrogen) atoms. The van der Waals surface area contributed by atoms with Crippen LogP contribution < -0.4 is 6.15 Å². The maximum absolute atomic E-state index is 8.66. The Morgan fingerprint density at radius 1 is 0.750 bits per heavy atom. The van der Waals surface area contributed by atoms with Crippen LogP contribution in [0.5, 0.6) is 0 Å². The van der Waals surface area contributed by atoms with E-state index in [1.54, 1.807) is 0 Å². The third kappa shape index (κ3) is 1070. The second-order valence-electron chi connectivity index (χ2n) is 0.745. The molecule has 0 heterocycles. The molecule has 0 spiro atoms. The van der Waals surface area contributed by atoms with Gasteiger partial charge in [0.1, 0.15) is 0 Å². The van der Waals surface area contributed by atoms with Gasteiger partial charge in [0.2, 0.25) is 0 Å². The van der Waals surface area contributed by atoms with E-state index in [0.717, 1.165) is 0 Å². The van der Waals surface area contributed by atoms with Crippen LogP contribution in [0.3, 0.4) is 0 Å². The molecule has 0 bridgehead atoms. The Morgan fingerprint density at radius 2 is 0.750 bits per heavy atom. The quantitative estimate of drug-likeness (QED) is 0.534. The molecule has 0 unspecified atom stereocenters. The number of rotatable bonds is 0. The fraction of sp³-hybridized carbons (Fsp3) is 0. The molecule has 0 aromatic rings. The van der Waals surface area contributed by atoms with Gasteiger partial charge < -0.3 is 11.6 Å². The first-order valence-corrected chi connectivity index (χ1v) is 5.40. The molecule has 0 radical (unpaired) electrons. The average molecular weight is 208 g/mol. The molecule has 0 aromatic carbocycles. The van der Waals surface area contributed by atoms with Gasteiger partial charge in [0, 0.05) is 0 Å². The topological polar surface area (TPSA) is 152 Å². The van der Waals surface area contributed by atoms with Crippen molar-refractivity contribution in [3.63, 3.8) is 0 Å². The third-order valence-corrected chi connectivity index (χ3v) is 0. The molecule has 8 heteroatoms. The Balaban J connectivity index is -0.000000125. The van der Waals surface area contributed by atoms with Crippen molar-refractivity contribution in [1.29, 1.82) is 0 Å². The first-order valence-electron chi connectivity index (χ1n) is 0.913. The first-order chi connectivity index (χ1) is 2.24. The second kappa shape index (κ2) is 2.29. The number of hydrogen-bond acceptors (Lipinski definition) is 6. The summed E-state index contributed by atoms with van der Waals surface area (Å²) in [6.45, 7) is 0. The molecule has 0 saturated carbocycles. The summed E-state index contributed by atoms with van der Waals surface area (Å²) in [6.07, 6.45) is 0. The molecule has 0 amide bonds. The van der Waals surface area contributed by atoms with E-state index in [1.807, 2.05) is 0 Å². The van der Waals surface area contributed by atoms with E-state index in [0.29, 0.717) is 0 Å². The molecule has 0 aliphatic heterocycles. The fourth-order valence-electron chi connectivity index (χ4n) is 0. The van der Waals surface area contributed by atoms with Crippen molar-refractivity contribution in [2.75, 3.05) is 0 Å². The molecule has 5 N–H and O–H groups in total. The zero-order chi connectivity index (χ0) is 5.45. The molecule has 0 aliphatic rings. The van der Waals surface area contributed by atoms with Crippen LogP contribution in [-0.4, -0.2) is 5.48 Å². The van der Waals surface area contributed by atoms with E-state index in [4.69, 9.17) is 16.3 Å². The van der Waals surface area contributed by atoms with Crippen molar-refractivity contribution < 1.29 is 37.4 Å². The summed E-state index contributed by atoms with van der Waals surface area (Å²) >= 11 is -7.94. The van der Waals surface area contributed by atoms with Gasteiger partial charge >= 0.3 is 31.9 Å². The zero-order valence-corrected chi connectivity index (χ0v) is 6.13. The van der Waals surface area contributed by atoms with Gasteiger partial charge in [-0.15, -0.1) is 0 Å². The summed E-state index contributed by atoms with van der Waals surface area (Å²) < 4.78 is 43.3. The monoisotopic (exact) mass is 208 g/mol. The standard InChI is InChI=1S/H3N.Nb.H2O.5O/h1H3;;1H2;;;;;. The van der Waals surface area contributed by atoms with Crippen LogP contribution in [-0.2, 0) is 31.9 Å². The molecule has 51 valence electrons. The van der Waals surface area contributed by atoms with Crippen molar-refractivity contribution in [2.24, 2.45) is 0 Å². The van der Waals surface area contributed by atoms with Gasteiger partial charge in [-0.05, 0) is 0 Å². The van der Waals surface area contributed by atoms with Gasteiger partial charge in [-0.3, -0.25) is 0 Å². The molecular formula is H5NNbO6. The van der Waals surface area contributed by atoms with E-state index in [9.17, 15) is 0 Å². The molecule has 0 aliphatic carbocycles. The summed E-state index contributed by atoms with van der Waals surface area (Å²) in [5.74, 6) is 0. The summed E-state index contributed by atoms with van der Waals surface area (Å²) in [4.78, 5) is 0. The van der Waals surface area contributed by atoms with E-state index in [-0.39, 0.29) is 11.6 Å². The normalized spacial score (nSPS) is 7.50. The van der Waals surface area contributed by atoms with Crippen molar-refractivity contribution in [2.45, 2.75) is 0 Å². The Morgan fingerprint density at radius 3 is 0.750 bits per heavy atom.